The van der Waals surface area contributed by atoms with Crippen molar-refractivity contribution in [2.24, 2.45) is 0 Å². The lowest BCUT2D eigenvalue weighted by Crippen LogP contribution is -2.13. The summed E-state index contributed by atoms with van der Waals surface area (Å²) in [5.74, 6) is -0.0353. The van der Waals surface area contributed by atoms with Crippen LogP contribution in [0.4, 0.5) is 5.69 Å². The Morgan fingerprint density at radius 3 is 2.20 bits per heavy atom. The van der Waals surface area contributed by atoms with Crippen LogP contribution >= 0.6 is 34.8 Å². The summed E-state index contributed by atoms with van der Waals surface area (Å²) in [7, 11) is 0. The second kappa shape index (κ2) is 10.2. The van der Waals surface area contributed by atoms with Gasteiger partial charge in [-0.05, 0) is 65.7 Å². The normalized spacial score (nSPS) is 10.9. The van der Waals surface area contributed by atoms with E-state index < -0.39 is 5.91 Å². The smallest absolute Gasteiger partial charge is 0.266 e. The molecule has 3 aromatic carbocycles. The Balaban J connectivity index is 1.69. The second-order valence-corrected chi connectivity index (χ2v) is 7.52. The Kier molecular flexibility index (Phi) is 7.37. The number of carbonyl (C=O) groups excluding carboxylic acids is 1. The van der Waals surface area contributed by atoms with Gasteiger partial charge in [0.05, 0.1) is 5.02 Å². The van der Waals surface area contributed by atoms with E-state index in [1.807, 2.05) is 18.2 Å². The first-order valence-corrected chi connectivity index (χ1v) is 9.93. The Morgan fingerprint density at radius 2 is 1.60 bits per heavy atom. The summed E-state index contributed by atoms with van der Waals surface area (Å²) in [4.78, 5) is 12.4. The highest BCUT2D eigenvalue weighted by Gasteiger charge is 2.11. The Bertz CT molecular complexity index is 1120. The molecule has 0 spiro atoms. The molecule has 0 bridgehead atoms. The number of halogens is 3. The molecule has 1 N–H and O–H groups in total. The van der Waals surface area contributed by atoms with Gasteiger partial charge in [-0.15, -0.1) is 0 Å². The predicted molar refractivity (Wildman–Crippen MR) is 121 cm³/mol. The highest BCUT2D eigenvalue weighted by Crippen LogP contribution is 2.27. The van der Waals surface area contributed by atoms with Crippen molar-refractivity contribution >= 4 is 52.5 Å². The molecule has 3 aromatic rings. The molecule has 1 amide bonds. The van der Waals surface area contributed by atoms with Crippen LogP contribution in [-0.2, 0) is 11.4 Å². The van der Waals surface area contributed by atoms with E-state index in [-0.39, 0.29) is 5.57 Å². The van der Waals surface area contributed by atoms with Crippen LogP contribution in [0.2, 0.25) is 15.1 Å². The standard InChI is InChI=1S/C23H15Cl3N2O2/c24-18-4-1-15(2-5-18)14-30-22-10-3-16(12-21(22)26)11-17(13-27)23(29)28-20-8-6-19(25)7-9-20/h1-12H,14H2,(H,28,29)/b17-11+. The van der Waals surface area contributed by atoms with Gasteiger partial charge in [0.15, 0.2) is 0 Å². The number of nitrogens with one attached hydrogen (secondary N) is 1. The summed E-state index contributed by atoms with van der Waals surface area (Å²) in [6, 6.07) is 20.9. The minimum Gasteiger partial charge on any atom is -0.487 e. The van der Waals surface area contributed by atoms with Crippen LogP contribution in [0.15, 0.2) is 72.3 Å². The molecule has 0 saturated carbocycles. The van der Waals surface area contributed by atoms with Gasteiger partial charge in [0.25, 0.3) is 5.91 Å². The van der Waals surface area contributed by atoms with Gasteiger partial charge in [0.2, 0.25) is 0 Å². The molecule has 150 valence electrons. The fraction of sp³-hybridized carbons (Fsp3) is 0.0435. The summed E-state index contributed by atoms with van der Waals surface area (Å²) in [5.41, 5.74) is 2.03. The lowest BCUT2D eigenvalue weighted by molar-refractivity contribution is -0.112. The van der Waals surface area contributed by atoms with Crippen LogP contribution in [0.25, 0.3) is 6.08 Å². The van der Waals surface area contributed by atoms with E-state index in [1.54, 1.807) is 54.6 Å². The number of carbonyl (C=O) groups is 1. The molecule has 0 saturated heterocycles. The number of hydrogen-bond acceptors (Lipinski definition) is 3. The van der Waals surface area contributed by atoms with Crippen LogP contribution in [0, 0.1) is 11.3 Å². The third-order valence-electron chi connectivity index (χ3n) is 4.04. The number of hydrogen-bond donors (Lipinski definition) is 1. The second-order valence-electron chi connectivity index (χ2n) is 6.24. The van der Waals surface area contributed by atoms with E-state index in [1.165, 1.54) is 6.08 Å². The van der Waals surface area contributed by atoms with E-state index >= 15 is 0 Å². The SMILES string of the molecule is N#C/C(=C\c1ccc(OCc2ccc(Cl)cc2)c(Cl)c1)C(=O)Nc1ccc(Cl)cc1. The Labute approximate surface area is 189 Å². The number of anilines is 1. The topological polar surface area (TPSA) is 62.1 Å². The Hall–Kier alpha value is -2.97. The summed E-state index contributed by atoms with van der Waals surface area (Å²) in [5, 5.41) is 13.6. The van der Waals surface area contributed by atoms with Crippen molar-refractivity contribution in [1.82, 2.24) is 0 Å². The minimum absolute atomic E-state index is 0.0594. The van der Waals surface area contributed by atoms with Gasteiger partial charge in [-0.2, -0.15) is 5.26 Å². The molecular weight excluding hydrogens is 443 g/mol. The molecule has 0 aliphatic heterocycles. The van der Waals surface area contributed by atoms with Gasteiger partial charge < -0.3 is 10.1 Å². The quantitative estimate of drug-likeness (QED) is 0.328. The molecule has 7 heteroatoms. The van der Waals surface area contributed by atoms with Crippen molar-refractivity contribution in [3.05, 3.63) is 98.5 Å². The van der Waals surface area contributed by atoms with Gasteiger partial charge in [-0.1, -0.05) is 53.0 Å². The van der Waals surface area contributed by atoms with Crippen molar-refractivity contribution in [3.8, 4) is 11.8 Å². The van der Waals surface area contributed by atoms with Crippen molar-refractivity contribution < 1.29 is 9.53 Å². The third-order valence-corrected chi connectivity index (χ3v) is 4.84. The molecule has 0 heterocycles. The third kappa shape index (κ3) is 6.01. The zero-order chi connectivity index (χ0) is 21.5. The maximum Gasteiger partial charge on any atom is 0.266 e. The van der Waals surface area contributed by atoms with Crippen molar-refractivity contribution in [2.75, 3.05) is 5.32 Å². The summed E-state index contributed by atoms with van der Waals surface area (Å²) in [6.45, 7) is 0.332. The maximum atomic E-state index is 12.4. The zero-order valence-corrected chi connectivity index (χ0v) is 17.8. The van der Waals surface area contributed by atoms with Gasteiger partial charge in [-0.3, -0.25) is 4.79 Å². The molecule has 3 rings (SSSR count). The first kappa shape index (κ1) is 21.7. The number of nitriles is 1. The van der Waals surface area contributed by atoms with Crippen LogP contribution < -0.4 is 10.1 Å². The van der Waals surface area contributed by atoms with Crippen LogP contribution in [0.3, 0.4) is 0 Å². The number of ether oxygens (including phenoxy) is 1. The monoisotopic (exact) mass is 456 g/mol. The summed E-state index contributed by atoms with van der Waals surface area (Å²) in [6.07, 6.45) is 1.46. The van der Waals surface area contributed by atoms with Gasteiger partial charge in [0, 0.05) is 15.7 Å². The molecule has 0 radical (unpaired) electrons. The number of nitrogens with zero attached hydrogens (tertiary/aromatic N) is 1. The lowest BCUT2D eigenvalue weighted by Gasteiger charge is -2.09. The van der Waals surface area contributed by atoms with E-state index in [9.17, 15) is 10.1 Å². The molecule has 0 aliphatic rings. The average molecular weight is 458 g/mol. The van der Waals surface area contributed by atoms with E-state index in [0.717, 1.165) is 5.56 Å². The van der Waals surface area contributed by atoms with E-state index in [0.29, 0.717) is 38.7 Å². The summed E-state index contributed by atoms with van der Waals surface area (Å²) < 4.78 is 5.73. The maximum absolute atomic E-state index is 12.4. The van der Waals surface area contributed by atoms with Crippen LogP contribution in [0.1, 0.15) is 11.1 Å². The predicted octanol–water partition coefficient (Wildman–Crippen LogP) is 6.77. The number of benzene rings is 3. The molecular formula is C23H15Cl3N2O2. The average Bonchev–Trinajstić information content (AvgIpc) is 2.74. The fourth-order valence-electron chi connectivity index (χ4n) is 2.51. The fourth-order valence-corrected chi connectivity index (χ4v) is 3.01. The van der Waals surface area contributed by atoms with E-state index in [4.69, 9.17) is 39.5 Å². The van der Waals surface area contributed by atoms with Gasteiger partial charge in [0.1, 0.15) is 24.0 Å². The van der Waals surface area contributed by atoms with E-state index in [2.05, 4.69) is 5.32 Å². The van der Waals surface area contributed by atoms with Crippen molar-refractivity contribution in [2.45, 2.75) is 6.61 Å². The molecule has 0 fully saturated rings. The Morgan fingerprint density at radius 1 is 0.967 bits per heavy atom. The van der Waals surface area contributed by atoms with Crippen LogP contribution in [-0.4, -0.2) is 5.91 Å². The van der Waals surface area contributed by atoms with Gasteiger partial charge in [-0.25, -0.2) is 0 Å². The molecule has 0 atom stereocenters. The zero-order valence-electron chi connectivity index (χ0n) is 15.5. The van der Waals surface area contributed by atoms with Crippen LogP contribution in [0.5, 0.6) is 5.75 Å². The highest BCUT2D eigenvalue weighted by molar-refractivity contribution is 6.32. The molecule has 0 aromatic heterocycles. The molecule has 0 aliphatic carbocycles. The first-order valence-electron chi connectivity index (χ1n) is 8.80. The minimum atomic E-state index is -0.529. The highest BCUT2D eigenvalue weighted by atomic mass is 35.5. The van der Waals surface area contributed by atoms with Crippen molar-refractivity contribution in [3.63, 3.8) is 0 Å². The first-order chi connectivity index (χ1) is 14.4. The molecule has 30 heavy (non-hydrogen) atoms. The lowest BCUT2D eigenvalue weighted by atomic mass is 10.1. The summed E-state index contributed by atoms with van der Waals surface area (Å²) >= 11 is 18.0. The molecule has 4 nitrogen and oxygen atoms in total. The number of rotatable bonds is 6. The van der Waals surface area contributed by atoms with Crippen molar-refractivity contribution in [1.29, 1.82) is 5.26 Å². The molecule has 0 unspecified atom stereocenters. The largest absolute Gasteiger partial charge is 0.487 e. The number of amides is 1. The van der Waals surface area contributed by atoms with Gasteiger partial charge >= 0.3 is 0 Å².